The fourth-order valence-corrected chi connectivity index (χ4v) is 7.11. The standard InChI is InChI=1S/C45H27N3O/c1-3-11-28(12-4-1)33-22-24-37-39(26-33)49-40-27-38(36-23-21-30-14-9-10-18-35(30)41(36)42(37)40)45-47-43(31-15-5-2-6-16-31)46-44(48-45)34-20-19-29-13-7-8-17-32(29)25-34/h1-27H. The maximum atomic E-state index is 6.74. The van der Waals surface area contributed by atoms with Crippen molar-refractivity contribution in [2.75, 3.05) is 0 Å². The number of hydrogen-bond acceptors (Lipinski definition) is 4. The van der Waals surface area contributed by atoms with Gasteiger partial charge in [-0.1, -0.05) is 140 Å². The number of aromatic nitrogens is 3. The Morgan fingerprint density at radius 1 is 0.327 bits per heavy atom. The lowest BCUT2D eigenvalue weighted by Crippen LogP contribution is -2.00. The van der Waals surface area contributed by atoms with Crippen LogP contribution in [-0.2, 0) is 0 Å². The summed E-state index contributed by atoms with van der Waals surface area (Å²) in [7, 11) is 0. The highest BCUT2D eigenvalue weighted by Crippen LogP contribution is 2.43. The van der Waals surface area contributed by atoms with Crippen LogP contribution in [0.25, 0.3) is 99.5 Å². The Labute approximate surface area is 282 Å². The molecule has 0 aliphatic rings. The smallest absolute Gasteiger partial charge is 0.164 e. The summed E-state index contributed by atoms with van der Waals surface area (Å²) in [5, 5.41) is 9.01. The molecule has 2 heterocycles. The summed E-state index contributed by atoms with van der Waals surface area (Å²) in [5.74, 6) is 1.85. The van der Waals surface area contributed by atoms with Gasteiger partial charge in [-0.2, -0.15) is 0 Å². The molecule has 0 bridgehead atoms. The predicted octanol–water partition coefficient (Wildman–Crippen LogP) is 11.9. The molecular formula is C45H27N3O. The molecule has 0 radical (unpaired) electrons. The van der Waals surface area contributed by atoms with E-state index in [1.807, 2.05) is 36.4 Å². The fraction of sp³-hybridized carbons (Fsp3) is 0. The number of furan rings is 1. The van der Waals surface area contributed by atoms with Crippen LogP contribution >= 0.6 is 0 Å². The average molecular weight is 626 g/mol. The maximum absolute atomic E-state index is 6.74. The molecular weight excluding hydrogens is 599 g/mol. The molecule has 0 spiro atoms. The molecule has 4 heteroatoms. The molecule has 0 N–H and O–H groups in total. The van der Waals surface area contributed by atoms with E-state index in [2.05, 4.69) is 127 Å². The Balaban J connectivity index is 1.28. The number of rotatable bonds is 4. The number of hydrogen-bond donors (Lipinski definition) is 0. The number of benzene rings is 8. The third-order valence-corrected chi connectivity index (χ3v) is 9.48. The summed E-state index contributed by atoms with van der Waals surface area (Å²) in [6.45, 7) is 0. The van der Waals surface area contributed by atoms with Crippen molar-refractivity contribution in [1.82, 2.24) is 15.0 Å². The van der Waals surface area contributed by atoms with E-state index in [0.717, 1.165) is 71.3 Å². The highest BCUT2D eigenvalue weighted by Gasteiger charge is 2.21. The third kappa shape index (κ3) is 4.57. The first-order chi connectivity index (χ1) is 24.3. The van der Waals surface area contributed by atoms with Gasteiger partial charge in [0.1, 0.15) is 11.2 Å². The van der Waals surface area contributed by atoms with Crippen LogP contribution in [0.4, 0.5) is 0 Å². The number of nitrogens with zero attached hydrogens (tertiary/aromatic N) is 3. The molecule has 0 amide bonds. The summed E-state index contributed by atoms with van der Waals surface area (Å²) in [4.78, 5) is 15.4. The first kappa shape index (κ1) is 27.5. The highest BCUT2D eigenvalue weighted by molar-refractivity contribution is 6.29. The Morgan fingerprint density at radius 3 is 1.76 bits per heavy atom. The van der Waals surface area contributed by atoms with E-state index in [1.54, 1.807) is 0 Å². The maximum Gasteiger partial charge on any atom is 0.164 e. The van der Waals surface area contributed by atoms with Crippen LogP contribution in [-0.4, -0.2) is 15.0 Å². The van der Waals surface area contributed by atoms with Crippen LogP contribution in [0.2, 0.25) is 0 Å². The first-order valence-corrected chi connectivity index (χ1v) is 16.4. The molecule has 10 rings (SSSR count). The molecule has 49 heavy (non-hydrogen) atoms. The van der Waals surface area contributed by atoms with Crippen molar-refractivity contribution < 1.29 is 4.42 Å². The van der Waals surface area contributed by atoms with E-state index in [1.165, 1.54) is 10.8 Å². The van der Waals surface area contributed by atoms with Crippen molar-refractivity contribution in [3.05, 3.63) is 164 Å². The zero-order chi connectivity index (χ0) is 32.3. The van der Waals surface area contributed by atoms with Gasteiger partial charge in [0.25, 0.3) is 0 Å². The van der Waals surface area contributed by atoms with Crippen molar-refractivity contribution in [2.45, 2.75) is 0 Å². The van der Waals surface area contributed by atoms with Crippen LogP contribution in [0.5, 0.6) is 0 Å². The van der Waals surface area contributed by atoms with Crippen molar-refractivity contribution in [2.24, 2.45) is 0 Å². The summed E-state index contributed by atoms with van der Waals surface area (Å²) in [6.07, 6.45) is 0. The lowest BCUT2D eigenvalue weighted by molar-refractivity contribution is 0.669. The van der Waals surface area contributed by atoms with E-state index < -0.39 is 0 Å². The molecule has 2 aromatic heterocycles. The zero-order valence-corrected chi connectivity index (χ0v) is 26.3. The zero-order valence-electron chi connectivity index (χ0n) is 26.3. The van der Waals surface area contributed by atoms with Gasteiger partial charge < -0.3 is 4.42 Å². The summed E-state index contributed by atoms with van der Waals surface area (Å²) in [5.41, 5.74) is 6.69. The molecule has 0 fully saturated rings. The van der Waals surface area contributed by atoms with Gasteiger partial charge in [0.15, 0.2) is 17.5 Å². The van der Waals surface area contributed by atoms with E-state index in [0.29, 0.717) is 17.5 Å². The SMILES string of the molecule is c1ccc(-c2ccc3c(c2)oc2cc(-c4nc(-c5ccccc5)nc(-c5ccc6ccccc6c5)n4)c4ccc5ccccc5c4c23)cc1. The Morgan fingerprint density at radius 2 is 0.939 bits per heavy atom. The van der Waals surface area contributed by atoms with Gasteiger partial charge >= 0.3 is 0 Å². The largest absolute Gasteiger partial charge is 0.456 e. The molecule has 8 aromatic carbocycles. The topological polar surface area (TPSA) is 51.8 Å². The van der Waals surface area contributed by atoms with Gasteiger partial charge in [-0.3, -0.25) is 0 Å². The minimum atomic E-state index is 0.602. The van der Waals surface area contributed by atoms with Crippen LogP contribution in [0.15, 0.2) is 168 Å². The summed E-state index contributed by atoms with van der Waals surface area (Å²) in [6, 6.07) is 56.9. The second-order valence-electron chi connectivity index (χ2n) is 12.4. The van der Waals surface area contributed by atoms with Crippen LogP contribution < -0.4 is 0 Å². The van der Waals surface area contributed by atoms with Gasteiger partial charge in [0.05, 0.1) is 0 Å². The van der Waals surface area contributed by atoms with Crippen molar-refractivity contribution in [3.8, 4) is 45.3 Å². The molecule has 4 nitrogen and oxygen atoms in total. The molecule has 0 aliphatic heterocycles. The van der Waals surface area contributed by atoms with Gasteiger partial charge in [-0.05, 0) is 62.3 Å². The summed E-state index contributed by atoms with van der Waals surface area (Å²) < 4.78 is 6.74. The lowest BCUT2D eigenvalue weighted by Gasteiger charge is -2.13. The molecule has 0 unspecified atom stereocenters. The Hall–Kier alpha value is -6.65. The van der Waals surface area contributed by atoms with Crippen molar-refractivity contribution in [1.29, 1.82) is 0 Å². The molecule has 10 aromatic rings. The number of fused-ring (bicyclic) bond motifs is 8. The van der Waals surface area contributed by atoms with Crippen LogP contribution in [0.1, 0.15) is 0 Å². The van der Waals surface area contributed by atoms with Crippen LogP contribution in [0.3, 0.4) is 0 Å². The van der Waals surface area contributed by atoms with Gasteiger partial charge in [0, 0.05) is 32.8 Å². The normalized spacial score (nSPS) is 11.7. The van der Waals surface area contributed by atoms with E-state index in [-0.39, 0.29) is 0 Å². The second kappa shape index (κ2) is 11.0. The predicted molar refractivity (Wildman–Crippen MR) is 201 cm³/mol. The van der Waals surface area contributed by atoms with E-state index in [9.17, 15) is 0 Å². The first-order valence-electron chi connectivity index (χ1n) is 16.4. The van der Waals surface area contributed by atoms with Gasteiger partial charge in [-0.15, -0.1) is 0 Å². The van der Waals surface area contributed by atoms with Crippen molar-refractivity contribution >= 4 is 54.3 Å². The fourth-order valence-electron chi connectivity index (χ4n) is 7.11. The molecule has 0 aliphatic carbocycles. The third-order valence-electron chi connectivity index (χ3n) is 9.48. The van der Waals surface area contributed by atoms with E-state index >= 15 is 0 Å². The molecule has 0 saturated heterocycles. The Bertz CT molecular complexity index is 2880. The molecule has 0 atom stereocenters. The van der Waals surface area contributed by atoms with Crippen LogP contribution in [0, 0.1) is 0 Å². The Kier molecular flexibility index (Phi) is 6.15. The minimum absolute atomic E-state index is 0.602. The lowest BCUT2D eigenvalue weighted by atomic mass is 9.93. The second-order valence-corrected chi connectivity index (χ2v) is 12.4. The van der Waals surface area contributed by atoms with Gasteiger partial charge in [-0.25, -0.2) is 15.0 Å². The quantitative estimate of drug-likeness (QED) is 0.183. The van der Waals surface area contributed by atoms with Crippen molar-refractivity contribution in [3.63, 3.8) is 0 Å². The average Bonchev–Trinajstić information content (AvgIpc) is 3.55. The highest BCUT2D eigenvalue weighted by atomic mass is 16.3. The van der Waals surface area contributed by atoms with E-state index in [4.69, 9.17) is 19.4 Å². The summed E-state index contributed by atoms with van der Waals surface area (Å²) >= 11 is 0. The molecule has 0 saturated carbocycles. The molecule has 228 valence electrons. The van der Waals surface area contributed by atoms with Gasteiger partial charge in [0.2, 0.25) is 0 Å². The minimum Gasteiger partial charge on any atom is -0.456 e. The monoisotopic (exact) mass is 625 g/mol.